The molecule has 38 heavy (non-hydrogen) atoms. The molecular weight excluding hydrogens is 565 g/mol. The monoisotopic (exact) mass is 593 g/mol. The average molecular weight is 593 g/mol. The maximum atomic E-state index is 14.3. The Morgan fingerprint density at radius 2 is 1.13 bits per heavy atom. The molecule has 0 bridgehead atoms. The SMILES string of the molecule is CCCON1C(CCC(F)(F)C(F)(F)C(F)(F)C(F)(F)C(F)(F)C(F)(F)F)COC1(OCCC)OCCC. The number of rotatable bonds is 16. The van der Waals surface area contributed by atoms with Crippen LogP contribution < -0.4 is 0 Å². The second-order valence-corrected chi connectivity index (χ2v) is 8.38. The highest BCUT2D eigenvalue weighted by Crippen LogP contribution is 2.61. The summed E-state index contributed by atoms with van der Waals surface area (Å²) >= 11 is 0. The summed E-state index contributed by atoms with van der Waals surface area (Å²) in [5.74, 6) is -37.1. The Balaban J connectivity index is 3.26. The van der Waals surface area contributed by atoms with Crippen LogP contribution in [0.5, 0.6) is 0 Å². The molecular formula is C20H28F13NO4. The zero-order valence-electron chi connectivity index (χ0n) is 20.4. The number of hydrogen-bond acceptors (Lipinski definition) is 5. The smallest absolute Gasteiger partial charge is 0.312 e. The first-order valence-corrected chi connectivity index (χ1v) is 11.4. The van der Waals surface area contributed by atoms with E-state index in [1.54, 1.807) is 20.8 Å². The molecule has 0 saturated carbocycles. The summed E-state index contributed by atoms with van der Waals surface area (Å²) in [7, 11) is 0. The summed E-state index contributed by atoms with van der Waals surface area (Å²) in [6.45, 7) is 4.07. The van der Waals surface area contributed by atoms with Crippen molar-refractivity contribution in [3.8, 4) is 0 Å². The molecule has 1 rings (SSSR count). The number of ether oxygens (including phenoxy) is 3. The van der Waals surface area contributed by atoms with Crippen LogP contribution in [-0.2, 0) is 19.0 Å². The van der Waals surface area contributed by atoms with Gasteiger partial charge in [0.15, 0.2) is 0 Å². The minimum absolute atomic E-state index is 0.0502. The molecule has 0 aromatic rings. The van der Waals surface area contributed by atoms with Crippen molar-refractivity contribution in [2.75, 3.05) is 26.4 Å². The van der Waals surface area contributed by atoms with Crippen molar-refractivity contribution < 1.29 is 76.1 Å². The van der Waals surface area contributed by atoms with Crippen molar-refractivity contribution in [1.82, 2.24) is 5.06 Å². The van der Waals surface area contributed by atoms with Gasteiger partial charge in [-0.05, 0) is 25.7 Å². The molecule has 0 spiro atoms. The Bertz CT molecular complexity index is 741. The van der Waals surface area contributed by atoms with Crippen molar-refractivity contribution in [3.63, 3.8) is 0 Å². The van der Waals surface area contributed by atoms with Gasteiger partial charge in [-0.25, -0.2) is 0 Å². The largest absolute Gasteiger partial charge is 0.460 e. The van der Waals surface area contributed by atoms with Gasteiger partial charge in [0.1, 0.15) is 0 Å². The van der Waals surface area contributed by atoms with Crippen LogP contribution in [0.1, 0.15) is 52.9 Å². The number of hydrogen-bond donors (Lipinski definition) is 0. The van der Waals surface area contributed by atoms with Gasteiger partial charge in [0.2, 0.25) is 0 Å². The van der Waals surface area contributed by atoms with E-state index >= 15 is 0 Å². The maximum Gasteiger partial charge on any atom is 0.460 e. The van der Waals surface area contributed by atoms with Gasteiger partial charge in [0, 0.05) is 6.42 Å². The first-order chi connectivity index (χ1) is 17.1. The lowest BCUT2D eigenvalue weighted by Gasteiger charge is -2.40. The third kappa shape index (κ3) is 6.28. The third-order valence-electron chi connectivity index (χ3n) is 5.26. The van der Waals surface area contributed by atoms with Gasteiger partial charge in [-0.3, -0.25) is 4.84 Å². The van der Waals surface area contributed by atoms with E-state index in [0.717, 1.165) is 5.06 Å². The number of nitrogens with zero attached hydrogens (tertiary/aromatic N) is 1. The van der Waals surface area contributed by atoms with E-state index in [4.69, 9.17) is 19.0 Å². The molecule has 0 aliphatic carbocycles. The van der Waals surface area contributed by atoms with Gasteiger partial charge in [0.05, 0.1) is 32.5 Å². The number of hydroxylamine groups is 2. The topological polar surface area (TPSA) is 40.2 Å². The summed E-state index contributed by atoms with van der Waals surface area (Å²) in [5.41, 5.74) is 0. The molecule has 1 heterocycles. The summed E-state index contributed by atoms with van der Waals surface area (Å²) in [4.78, 5) is 5.36. The van der Waals surface area contributed by atoms with Gasteiger partial charge in [-0.1, -0.05) is 20.8 Å². The summed E-state index contributed by atoms with van der Waals surface area (Å²) < 4.78 is 190. The van der Waals surface area contributed by atoms with Gasteiger partial charge >= 0.3 is 41.9 Å². The second-order valence-electron chi connectivity index (χ2n) is 8.38. The van der Waals surface area contributed by atoms with Crippen LogP contribution in [0.3, 0.4) is 0 Å². The molecule has 0 radical (unpaired) electrons. The highest BCUT2D eigenvalue weighted by Gasteiger charge is 2.90. The van der Waals surface area contributed by atoms with Gasteiger partial charge in [-0.15, -0.1) is 5.06 Å². The van der Waals surface area contributed by atoms with Crippen molar-refractivity contribution in [2.45, 2.75) is 101 Å². The lowest BCUT2D eigenvalue weighted by molar-refractivity contribution is -0.479. The van der Waals surface area contributed by atoms with E-state index in [1.807, 2.05) is 0 Å². The molecule has 1 unspecified atom stereocenters. The Morgan fingerprint density at radius 1 is 0.684 bits per heavy atom. The first kappa shape index (κ1) is 34.9. The lowest BCUT2D eigenvalue weighted by atomic mass is 9.91. The maximum absolute atomic E-state index is 14.3. The van der Waals surface area contributed by atoms with Crippen molar-refractivity contribution in [1.29, 1.82) is 0 Å². The van der Waals surface area contributed by atoms with Crippen molar-refractivity contribution in [3.05, 3.63) is 0 Å². The minimum Gasteiger partial charge on any atom is -0.312 e. The number of alkyl halides is 13. The standard InChI is InChI=1S/C20H28F13NO4/c1-4-9-35-20(36-10-5-2)34(38-11-6-3)13(12-37-20)7-8-14(21,22)15(23,24)16(25,26)17(27,28)18(29,30)19(31,32)33/h13H,4-12H2,1-3H3. The molecule has 1 aliphatic rings. The van der Waals surface area contributed by atoms with E-state index in [-0.39, 0.29) is 19.8 Å². The third-order valence-corrected chi connectivity index (χ3v) is 5.26. The second kappa shape index (κ2) is 12.2. The van der Waals surface area contributed by atoms with Gasteiger partial charge in [-0.2, -0.15) is 57.1 Å². The normalized spacial score (nSPS) is 20.4. The molecule has 5 nitrogen and oxygen atoms in total. The van der Waals surface area contributed by atoms with Crippen LogP contribution in [0.25, 0.3) is 0 Å². The molecule has 1 saturated heterocycles. The zero-order chi connectivity index (χ0) is 29.8. The van der Waals surface area contributed by atoms with Crippen molar-refractivity contribution >= 4 is 0 Å². The summed E-state index contributed by atoms with van der Waals surface area (Å²) in [5, 5.41) is 0.723. The predicted octanol–water partition coefficient (Wildman–Crippen LogP) is 7.01. The van der Waals surface area contributed by atoms with Gasteiger partial charge < -0.3 is 14.2 Å². The average Bonchev–Trinajstić information content (AvgIpc) is 3.14. The number of halogens is 13. The van der Waals surface area contributed by atoms with E-state index in [0.29, 0.717) is 19.3 Å². The Hall–Kier alpha value is -1.11. The van der Waals surface area contributed by atoms with E-state index in [2.05, 4.69) is 0 Å². The van der Waals surface area contributed by atoms with E-state index in [9.17, 15) is 57.1 Å². The van der Waals surface area contributed by atoms with Crippen LogP contribution >= 0.6 is 0 Å². The Morgan fingerprint density at radius 3 is 1.55 bits per heavy atom. The minimum atomic E-state index is -7.94. The highest BCUT2D eigenvalue weighted by atomic mass is 19.4. The van der Waals surface area contributed by atoms with Crippen LogP contribution in [0.15, 0.2) is 0 Å². The fraction of sp³-hybridized carbons (Fsp3) is 1.00. The molecule has 1 atom stereocenters. The Kier molecular flexibility index (Phi) is 11.2. The predicted molar refractivity (Wildman–Crippen MR) is 103 cm³/mol. The molecule has 0 aromatic heterocycles. The summed E-state index contributed by atoms with van der Waals surface area (Å²) in [6, 6.07) is -1.50. The molecule has 0 N–H and O–H groups in total. The van der Waals surface area contributed by atoms with Crippen LogP contribution in [0.4, 0.5) is 57.1 Å². The van der Waals surface area contributed by atoms with Crippen LogP contribution in [0.2, 0.25) is 0 Å². The van der Waals surface area contributed by atoms with Gasteiger partial charge in [0.25, 0.3) is 0 Å². The fourth-order valence-corrected chi connectivity index (χ4v) is 3.15. The lowest BCUT2D eigenvalue weighted by Crippen LogP contribution is -2.70. The first-order valence-electron chi connectivity index (χ1n) is 11.4. The molecule has 1 fully saturated rings. The quantitative estimate of drug-likeness (QED) is 0.142. The van der Waals surface area contributed by atoms with Crippen LogP contribution in [0, 0.1) is 0 Å². The van der Waals surface area contributed by atoms with Crippen LogP contribution in [-0.4, -0.2) is 79.4 Å². The summed E-state index contributed by atoms with van der Waals surface area (Å²) in [6.07, 6.45) is -12.2. The zero-order valence-corrected chi connectivity index (χ0v) is 20.4. The molecule has 18 heteroatoms. The van der Waals surface area contributed by atoms with Crippen molar-refractivity contribution in [2.24, 2.45) is 0 Å². The molecule has 228 valence electrons. The fourth-order valence-electron chi connectivity index (χ4n) is 3.15. The molecule has 0 amide bonds. The molecule has 1 aliphatic heterocycles. The Labute approximate surface area is 209 Å². The van der Waals surface area contributed by atoms with E-state index < -0.39 is 67.4 Å². The molecule has 0 aromatic carbocycles. The van der Waals surface area contributed by atoms with E-state index in [1.165, 1.54) is 0 Å². The highest BCUT2D eigenvalue weighted by molar-refractivity contribution is 5.10.